The number of rotatable bonds is 2. The molecule has 2 aromatic rings. The minimum atomic E-state index is -1.21. The van der Waals surface area contributed by atoms with E-state index in [1.807, 2.05) is 37.3 Å². The van der Waals surface area contributed by atoms with Crippen molar-refractivity contribution < 1.29 is 14.3 Å². The molecule has 0 bridgehead atoms. The van der Waals surface area contributed by atoms with Crippen molar-refractivity contribution in [2.45, 2.75) is 25.9 Å². The highest BCUT2D eigenvalue weighted by molar-refractivity contribution is 14.1. The molecule has 0 saturated carbocycles. The molecule has 1 unspecified atom stereocenters. The van der Waals surface area contributed by atoms with Crippen molar-refractivity contribution in [3.8, 4) is 0 Å². The maximum Gasteiger partial charge on any atom is 0.339 e. The molecule has 23 heavy (non-hydrogen) atoms. The fraction of sp³-hybridized carbons (Fsp3) is 0.222. The van der Waals surface area contributed by atoms with Crippen LogP contribution in [0.5, 0.6) is 0 Å². The van der Waals surface area contributed by atoms with Crippen LogP contribution in [-0.2, 0) is 16.0 Å². The second kappa shape index (κ2) is 5.96. The van der Waals surface area contributed by atoms with Gasteiger partial charge in [0, 0.05) is 15.7 Å². The Morgan fingerprint density at radius 2 is 2.00 bits per heavy atom. The monoisotopic (exact) mass is 421 g/mol. The molecule has 0 saturated heterocycles. The first kappa shape index (κ1) is 16.0. The lowest BCUT2D eigenvalue weighted by Gasteiger charge is -2.33. The van der Waals surface area contributed by atoms with E-state index in [9.17, 15) is 9.59 Å². The van der Waals surface area contributed by atoms with Gasteiger partial charge in [-0.1, -0.05) is 18.2 Å². The van der Waals surface area contributed by atoms with Crippen molar-refractivity contribution in [1.29, 1.82) is 0 Å². The van der Waals surface area contributed by atoms with Crippen molar-refractivity contribution >= 4 is 40.2 Å². The van der Waals surface area contributed by atoms with Crippen LogP contribution in [0.4, 0.5) is 5.69 Å². The molecule has 0 spiro atoms. The third-order valence-electron chi connectivity index (χ3n) is 4.00. The van der Waals surface area contributed by atoms with Crippen LogP contribution in [0.15, 0.2) is 42.5 Å². The SMILES string of the molecule is Cc1cc(I)ccc1NC(=O)C1(C)Cc2ccccc2C(=O)O1. The lowest BCUT2D eigenvalue weighted by Crippen LogP contribution is -2.49. The summed E-state index contributed by atoms with van der Waals surface area (Å²) in [4.78, 5) is 24.9. The molecule has 1 amide bonds. The normalized spacial score (nSPS) is 19.7. The van der Waals surface area contributed by atoms with E-state index in [4.69, 9.17) is 4.74 Å². The summed E-state index contributed by atoms with van der Waals surface area (Å²) in [7, 11) is 0. The third-order valence-corrected chi connectivity index (χ3v) is 4.67. The number of hydrogen-bond donors (Lipinski definition) is 1. The molecule has 0 aromatic heterocycles. The van der Waals surface area contributed by atoms with Crippen molar-refractivity contribution in [2.24, 2.45) is 0 Å². The number of aryl methyl sites for hydroxylation is 1. The molecule has 0 radical (unpaired) electrons. The molecule has 118 valence electrons. The minimum absolute atomic E-state index is 0.315. The van der Waals surface area contributed by atoms with E-state index in [0.717, 1.165) is 20.4 Å². The number of ether oxygens (including phenoxy) is 1. The van der Waals surface area contributed by atoms with E-state index in [2.05, 4.69) is 27.9 Å². The standard InChI is InChI=1S/C18H16INO3/c1-11-9-13(19)7-8-15(11)20-17(22)18(2)10-12-5-3-4-6-14(12)16(21)23-18/h3-9H,10H2,1-2H3,(H,20,22). The third kappa shape index (κ3) is 3.10. The summed E-state index contributed by atoms with van der Waals surface area (Å²) in [6.45, 7) is 3.58. The molecule has 0 aliphatic carbocycles. The predicted octanol–water partition coefficient (Wildman–Crippen LogP) is 3.71. The van der Waals surface area contributed by atoms with Gasteiger partial charge in [0.1, 0.15) is 0 Å². The number of halogens is 1. The maximum absolute atomic E-state index is 12.7. The van der Waals surface area contributed by atoms with Gasteiger partial charge in [0.05, 0.1) is 5.56 Å². The van der Waals surface area contributed by atoms with Gasteiger partial charge < -0.3 is 10.1 Å². The van der Waals surface area contributed by atoms with Gasteiger partial charge in [-0.05, 0) is 71.8 Å². The summed E-state index contributed by atoms with van der Waals surface area (Å²) in [6, 6.07) is 13.0. The molecule has 5 heteroatoms. The quantitative estimate of drug-likeness (QED) is 0.595. The van der Waals surface area contributed by atoms with E-state index < -0.39 is 11.6 Å². The van der Waals surface area contributed by atoms with Crippen molar-refractivity contribution in [3.05, 3.63) is 62.7 Å². The molecule has 0 fully saturated rings. The Balaban J connectivity index is 1.86. The summed E-state index contributed by atoms with van der Waals surface area (Å²) < 4.78 is 6.54. The van der Waals surface area contributed by atoms with E-state index in [1.165, 1.54) is 0 Å². The summed E-state index contributed by atoms with van der Waals surface area (Å²) in [6.07, 6.45) is 0.365. The van der Waals surface area contributed by atoms with E-state index in [1.54, 1.807) is 19.1 Å². The first-order valence-corrected chi connectivity index (χ1v) is 8.36. The number of esters is 1. The van der Waals surface area contributed by atoms with Crippen LogP contribution in [0.3, 0.4) is 0 Å². The smallest absolute Gasteiger partial charge is 0.339 e. The number of amides is 1. The van der Waals surface area contributed by atoms with Crippen molar-refractivity contribution in [1.82, 2.24) is 0 Å². The van der Waals surface area contributed by atoms with Gasteiger partial charge in [-0.2, -0.15) is 0 Å². The maximum atomic E-state index is 12.7. The van der Waals surface area contributed by atoms with Crippen LogP contribution in [0.1, 0.15) is 28.4 Å². The summed E-state index contributed by atoms with van der Waals surface area (Å²) >= 11 is 2.22. The molecule has 1 N–H and O–H groups in total. The van der Waals surface area contributed by atoms with E-state index >= 15 is 0 Å². The minimum Gasteiger partial charge on any atom is -0.445 e. The number of nitrogens with one attached hydrogen (secondary N) is 1. The van der Waals surface area contributed by atoms with Crippen LogP contribution in [0.25, 0.3) is 0 Å². The average molecular weight is 421 g/mol. The molecular formula is C18H16INO3. The summed E-state index contributed by atoms with van der Waals surface area (Å²) in [5, 5.41) is 2.88. The highest BCUT2D eigenvalue weighted by Crippen LogP contribution is 2.29. The van der Waals surface area contributed by atoms with Gasteiger partial charge >= 0.3 is 5.97 Å². The zero-order chi connectivity index (χ0) is 16.6. The molecule has 3 rings (SSSR count). The number of hydrogen-bond acceptors (Lipinski definition) is 3. The number of carbonyl (C=O) groups is 2. The summed E-state index contributed by atoms with van der Waals surface area (Å²) in [5.74, 6) is -0.770. The van der Waals surface area contributed by atoms with Crippen molar-refractivity contribution in [3.63, 3.8) is 0 Å². The number of cyclic esters (lactones) is 1. The molecule has 4 nitrogen and oxygen atoms in total. The Morgan fingerprint density at radius 3 is 2.74 bits per heavy atom. The molecule has 2 aromatic carbocycles. The Labute approximate surface area is 148 Å². The number of carbonyl (C=O) groups excluding carboxylic acids is 2. The topological polar surface area (TPSA) is 55.4 Å². The lowest BCUT2D eigenvalue weighted by molar-refractivity contribution is -0.134. The van der Waals surface area contributed by atoms with Gasteiger partial charge in [-0.15, -0.1) is 0 Å². The Bertz CT molecular complexity index is 803. The molecule has 1 atom stereocenters. The Hall–Kier alpha value is -1.89. The van der Waals surface area contributed by atoms with Crippen LogP contribution in [-0.4, -0.2) is 17.5 Å². The molecule has 1 aliphatic heterocycles. The van der Waals surface area contributed by atoms with Crippen molar-refractivity contribution in [2.75, 3.05) is 5.32 Å². The average Bonchev–Trinajstić information content (AvgIpc) is 2.50. The van der Waals surface area contributed by atoms with Gasteiger partial charge in [-0.25, -0.2) is 4.79 Å². The molecule has 1 heterocycles. The highest BCUT2D eigenvalue weighted by Gasteiger charge is 2.42. The fourth-order valence-corrected chi connectivity index (χ4v) is 3.33. The highest BCUT2D eigenvalue weighted by atomic mass is 127. The van der Waals surface area contributed by atoms with Crippen LogP contribution < -0.4 is 5.32 Å². The first-order valence-electron chi connectivity index (χ1n) is 7.28. The zero-order valence-corrected chi connectivity index (χ0v) is 15.0. The largest absolute Gasteiger partial charge is 0.445 e. The second-order valence-electron chi connectivity index (χ2n) is 5.87. The number of fused-ring (bicyclic) bond motifs is 1. The van der Waals surface area contributed by atoms with E-state index in [0.29, 0.717) is 12.0 Å². The Morgan fingerprint density at radius 1 is 1.26 bits per heavy atom. The van der Waals surface area contributed by atoms with Gasteiger partial charge in [0.2, 0.25) is 0 Å². The second-order valence-corrected chi connectivity index (χ2v) is 7.11. The lowest BCUT2D eigenvalue weighted by atomic mass is 9.89. The number of benzene rings is 2. The zero-order valence-electron chi connectivity index (χ0n) is 12.9. The summed E-state index contributed by atoms with van der Waals surface area (Å²) in [5.41, 5.74) is 1.85. The van der Waals surface area contributed by atoms with E-state index in [-0.39, 0.29) is 5.91 Å². The Kier molecular flexibility index (Phi) is 4.14. The first-order chi connectivity index (χ1) is 10.9. The fourth-order valence-electron chi connectivity index (χ4n) is 2.68. The molecule has 1 aliphatic rings. The van der Waals surface area contributed by atoms with Crippen LogP contribution in [0.2, 0.25) is 0 Å². The van der Waals surface area contributed by atoms with Crippen LogP contribution >= 0.6 is 22.6 Å². The number of anilines is 1. The molecular weight excluding hydrogens is 405 g/mol. The van der Waals surface area contributed by atoms with Crippen LogP contribution in [0, 0.1) is 10.5 Å². The van der Waals surface area contributed by atoms with Gasteiger partial charge in [-0.3, -0.25) is 4.79 Å². The van der Waals surface area contributed by atoms with Gasteiger partial charge in [0.25, 0.3) is 5.91 Å². The van der Waals surface area contributed by atoms with Gasteiger partial charge in [0.15, 0.2) is 5.60 Å². The predicted molar refractivity (Wildman–Crippen MR) is 96.5 cm³/mol.